The standard InChI is InChI=1S/C27H32N6O3/c1-4-21(34)13-18-7-5-6-8-23(18)31-26-17(2)16-28-27(33-26)30-20-14-24(32-25(15-20)36-3)29-19-9-11-22(35)12-10-19/h4-8,14-16,19,22,35H,1,9-13H2,2-3H3,(H3,28,29,30,31,32,33). The van der Waals surface area contributed by atoms with Crippen LogP contribution in [0.4, 0.5) is 29.0 Å². The summed E-state index contributed by atoms with van der Waals surface area (Å²) in [5.41, 5.74) is 3.25. The zero-order valence-electron chi connectivity index (χ0n) is 20.6. The average molecular weight is 489 g/mol. The molecule has 0 atom stereocenters. The third-order valence-electron chi connectivity index (χ3n) is 6.15. The van der Waals surface area contributed by atoms with E-state index in [9.17, 15) is 9.90 Å². The number of carbonyl (C=O) groups excluding carboxylic acids is 1. The molecule has 0 unspecified atom stereocenters. The van der Waals surface area contributed by atoms with Crippen molar-refractivity contribution in [2.45, 2.75) is 51.2 Å². The molecule has 0 amide bonds. The second-order valence-electron chi connectivity index (χ2n) is 8.91. The van der Waals surface area contributed by atoms with Gasteiger partial charge in [-0.3, -0.25) is 4.79 Å². The van der Waals surface area contributed by atoms with E-state index in [2.05, 4.69) is 37.5 Å². The number of benzene rings is 1. The first-order valence-corrected chi connectivity index (χ1v) is 12.0. The second-order valence-corrected chi connectivity index (χ2v) is 8.91. The lowest BCUT2D eigenvalue weighted by Crippen LogP contribution is -2.28. The Balaban J connectivity index is 1.53. The number of ether oxygens (including phenoxy) is 1. The van der Waals surface area contributed by atoms with Crippen LogP contribution >= 0.6 is 0 Å². The van der Waals surface area contributed by atoms with Crippen molar-refractivity contribution in [3.8, 4) is 5.88 Å². The summed E-state index contributed by atoms with van der Waals surface area (Å²) in [6.45, 7) is 5.48. The Morgan fingerprint density at radius 1 is 1.17 bits per heavy atom. The Labute approximate surface area is 211 Å². The normalized spacial score (nSPS) is 17.2. The number of hydrogen-bond donors (Lipinski definition) is 4. The van der Waals surface area contributed by atoms with Crippen LogP contribution in [0.3, 0.4) is 0 Å². The zero-order chi connectivity index (χ0) is 25.5. The van der Waals surface area contributed by atoms with Gasteiger partial charge in [0.15, 0.2) is 5.78 Å². The largest absolute Gasteiger partial charge is 0.481 e. The topological polar surface area (TPSA) is 121 Å². The van der Waals surface area contributed by atoms with Crippen molar-refractivity contribution >= 4 is 34.7 Å². The minimum atomic E-state index is -0.213. The van der Waals surface area contributed by atoms with E-state index >= 15 is 0 Å². The number of nitrogens with one attached hydrogen (secondary N) is 3. The SMILES string of the molecule is C=CC(=O)Cc1ccccc1Nc1nc(Nc2cc(NC3CCC(O)CC3)nc(OC)c2)ncc1C. The number of hydrogen-bond acceptors (Lipinski definition) is 9. The Kier molecular flexibility index (Phi) is 8.12. The van der Waals surface area contributed by atoms with Crippen LogP contribution in [-0.2, 0) is 11.2 Å². The van der Waals surface area contributed by atoms with Gasteiger partial charge in [-0.15, -0.1) is 0 Å². The van der Waals surface area contributed by atoms with E-state index in [0.29, 0.717) is 23.5 Å². The first-order chi connectivity index (χ1) is 17.4. The highest BCUT2D eigenvalue weighted by Gasteiger charge is 2.20. The van der Waals surface area contributed by atoms with E-state index in [0.717, 1.165) is 48.2 Å². The molecule has 188 valence electrons. The van der Waals surface area contributed by atoms with Gasteiger partial charge in [0.2, 0.25) is 11.8 Å². The molecule has 1 aliphatic carbocycles. The minimum Gasteiger partial charge on any atom is -0.481 e. The molecule has 3 aromatic rings. The van der Waals surface area contributed by atoms with E-state index in [1.54, 1.807) is 19.4 Å². The quantitative estimate of drug-likeness (QED) is 0.301. The number of aromatic nitrogens is 3. The Bertz CT molecular complexity index is 1220. The van der Waals surface area contributed by atoms with E-state index in [1.165, 1.54) is 6.08 Å². The number of pyridine rings is 1. The Hall–Kier alpha value is -3.98. The highest BCUT2D eigenvalue weighted by Crippen LogP contribution is 2.28. The number of aliphatic hydroxyl groups excluding tert-OH is 1. The van der Waals surface area contributed by atoms with Gasteiger partial charge in [-0.25, -0.2) is 4.98 Å². The van der Waals surface area contributed by atoms with Gasteiger partial charge < -0.3 is 25.8 Å². The number of para-hydroxylation sites is 1. The van der Waals surface area contributed by atoms with Crippen LogP contribution in [0.25, 0.3) is 0 Å². The van der Waals surface area contributed by atoms with E-state index < -0.39 is 0 Å². The van der Waals surface area contributed by atoms with Crippen molar-refractivity contribution in [1.82, 2.24) is 15.0 Å². The maximum absolute atomic E-state index is 11.9. The molecule has 1 aromatic carbocycles. The molecule has 1 fully saturated rings. The van der Waals surface area contributed by atoms with E-state index in [1.807, 2.05) is 37.3 Å². The number of nitrogens with zero attached hydrogens (tertiary/aromatic N) is 3. The fourth-order valence-electron chi connectivity index (χ4n) is 4.13. The lowest BCUT2D eigenvalue weighted by Gasteiger charge is -2.26. The van der Waals surface area contributed by atoms with Crippen LogP contribution in [0.5, 0.6) is 5.88 Å². The summed E-state index contributed by atoms with van der Waals surface area (Å²) in [7, 11) is 1.58. The summed E-state index contributed by atoms with van der Waals surface area (Å²) < 4.78 is 5.40. The van der Waals surface area contributed by atoms with Gasteiger partial charge >= 0.3 is 0 Å². The van der Waals surface area contributed by atoms with Crippen LogP contribution in [-0.4, -0.2) is 45.1 Å². The molecule has 0 bridgehead atoms. The van der Waals surface area contributed by atoms with Gasteiger partial charge in [0.25, 0.3) is 0 Å². The molecule has 9 nitrogen and oxygen atoms in total. The van der Waals surface area contributed by atoms with E-state index in [-0.39, 0.29) is 24.3 Å². The fourth-order valence-corrected chi connectivity index (χ4v) is 4.13. The molecule has 9 heteroatoms. The van der Waals surface area contributed by atoms with Crippen LogP contribution in [0.2, 0.25) is 0 Å². The Morgan fingerprint density at radius 2 is 1.94 bits per heavy atom. The maximum atomic E-state index is 11.9. The van der Waals surface area contributed by atoms with Crippen molar-refractivity contribution in [1.29, 1.82) is 0 Å². The van der Waals surface area contributed by atoms with Crippen molar-refractivity contribution in [2.75, 3.05) is 23.1 Å². The summed E-state index contributed by atoms with van der Waals surface area (Å²) in [6.07, 6.45) is 6.45. The smallest absolute Gasteiger partial charge is 0.229 e. The predicted molar refractivity (Wildman–Crippen MR) is 141 cm³/mol. The summed E-state index contributed by atoms with van der Waals surface area (Å²) >= 11 is 0. The number of aliphatic hydroxyl groups is 1. The van der Waals surface area contributed by atoms with Crippen LogP contribution in [0.15, 0.2) is 55.3 Å². The van der Waals surface area contributed by atoms with Crippen molar-refractivity contribution in [2.24, 2.45) is 0 Å². The molecule has 1 saturated carbocycles. The lowest BCUT2D eigenvalue weighted by atomic mass is 9.93. The van der Waals surface area contributed by atoms with Crippen LogP contribution < -0.4 is 20.7 Å². The number of aryl methyl sites for hydroxylation is 1. The number of carbonyl (C=O) groups is 1. The average Bonchev–Trinajstić information content (AvgIpc) is 2.88. The number of allylic oxidation sites excluding steroid dienone is 1. The predicted octanol–water partition coefficient (Wildman–Crippen LogP) is 4.69. The fraction of sp³-hybridized carbons (Fsp3) is 0.333. The number of rotatable bonds is 10. The van der Waals surface area contributed by atoms with Gasteiger partial charge in [-0.1, -0.05) is 24.8 Å². The van der Waals surface area contributed by atoms with Crippen LogP contribution in [0.1, 0.15) is 36.8 Å². The molecule has 1 aliphatic rings. The number of anilines is 5. The zero-order valence-corrected chi connectivity index (χ0v) is 20.6. The van der Waals surface area contributed by atoms with E-state index in [4.69, 9.17) is 4.74 Å². The summed E-state index contributed by atoms with van der Waals surface area (Å²) in [5.74, 6) is 2.13. The summed E-state index contributed by atoms with van der Waals surface area (Å²) in [5, 5.41) is 19.8. The highest BCUT2D eigenvalue weighted by molar-refractivity contribution is 5.92. The molecular weight excluding hydrogens is 456 g/mol. The third-order valence-corrected chi connectivity index (χ3v) is 6.15. The lowest BCUT2D eigenvalue weighted by molar-refractivity contribution is -0.114. The summed E-state index contributed by atoms with van der Waals surface area (Å²) in [6, 6.07) is 11.5. The minimum absolute atomic E-state index is 0.0496. The highest BCUT2D eigenvalue weighted by atomic mass is 16.5. The first-order valence-electron chi connectivity index (χ1n) is 12.0. The molecule has 0 saturated heterocycles. The van der Waals surface area contributed by atoms with Gasteiger partial charge in [-0.05, 0) is 50.3 Å². The molecule has 2 heterocycles. The second kappa shape index (κ2) is 11.6. The molecule has 0 spiro atoms. The monoisotopic (exact) mass is 488 g/mol. The van der Waals surface area contributed by atoms with Crippen LogP contribution in [0, 0.1) is 6.92 Å². The molecule has 0 radical (unpaired) electrons. The molecule has 2 aromatic heterocycles. The molecule has 36 heavy (non-hydrogen) atoms. The third kappa shape index (κ3) is 6.57. The number of methoxy groups -OCH3 is 1. The molecular formula is C27H32N6O3. The first kappa shape index (κ1) is 25.1. The van der Waals surface area contributed by atoms with Gasteiger partial charge in [-0.2, -0.15) is 9.97 Å². The molecule has 0 aliphatic heterocycles. The summed E-state index contributed by atoms with van der Waals surface area (Å²) in [4.78, 5) is 25.5. The molecule has 4 rings (SSSR count). The van der Waals surface area contributed by atoms with Gasteiger partial charge in [0.1, 0.15) is 11.6 Å². The Morgan fingerprint density at radius 3 is 2.69 bits per heavy atom. The number of ketones is 1. The maximum Gasteiger partial charge on any atom is 0.229 e. The van der Waals surface area contributed by atoms with Gasteiger partial charge in [0.05, 0.1) is 13.2 Å². The molecule has 4 N–H and O–H groups in total. The van der Waals surface area contributed by atoms with Crippen molar-refractivity contribution in [3.63, 3.8) is 0 Å². The van der Waals surface area contributed by atoms with Crippen molar-refractivity contribution < 1.29 is 14.6 Å². The van der Waals surface area contributed by atoms with Gasteiger partial charge in [0, 0.05) is 47.7 Å². The van der Waals surface area contributed by atoms with Crippen molar-refractivity contribution in [3.05, 3.63) is 66.4 Å².